The first-order chi connectivity index (χ1) is 5.24. The molecule has 11 heavy (non-hydrogen) atoms. The maximum atomic E-state index is 8.19. The Morgan fingerprint density at radius 3 is 2.82 bits per heavy atom. The normalized spacial score (nSPS) is 14.2. The third-order valence-corrected chi connectivity index (χ3v) is 1.16. The molecule has 0 aromatic carbocycles. The van der Waals surface area contributed by atoms with Crippen molar-refractivity contribution >= 4 is 5.90 Å². The molecule has 0 rings (SSSR count). The summed E-state index contributed by atoms with van der Waals surface area (Å²) in [6, 6.07) is 0. The molecule has 0 saturated heterocycles. The van der Waals surface area contributed by atoms with Gasteiger partial charge < -0.3 is 14.7 Å². The SMILES string of the molecule is C=CC(COC(C)=NO)OC. The lowest BCUT2D eigenvalue weighted by Crippen LogP contribution is -2.17. The van der Waals surface area contributed by atoms with Crippen molar-refractivity contribution in [3.05, 3.63) is 12.7 Å². The van der Waals surface area contributed by atoms with Crippen LogP contribution in [0.2, 0.25) is 0 Å². The summed E-state index contributed by atoms with van der Waals surface area (Å²) in [4.78, 5) is 0. The highest BCUT2D eigenvalue weighted by Gasteiger charge is 2.02. The monoisotopic (exact) mass is 159 g/mol. The maximum absolute atomic E-state index is 8.19. The Morgan fingerprint density at radius 1 is 1.82 bits per heavy atom. The Balaban J connectivity index is 3.58. The van der Waals surface area contributed by atoms with E-state index in [-0.39, 0.29) is 12.0 Å². The molecule has 0 aliphatic heterocycles. The lowest BCUT2D eigenvalue weighted by atomic mass is 10.4. The molecule has 0 heterocycles. The van der Waals surface area contributed by atoms with Gasteiger partial charge in [0.15, 0.2) is 0 Å². The summed E-state index contributed by atoms with van der Waals surface area (Å²) in [7, 11) is 1.56. The third kappa shape index (κ3) is 4.38. The van der Waals surface area contributed by atoms with Crippen LogP contribution in [0.25, 0.3) is 0 Å². The molecular weight excluding hydrogens is 146 g/mol. The smallest absolute Gasteiger partial charge is 0.222 e. The number of ether oxygens (including phenoxy) is 2. The zero-order valence-corrected chi connectivity index (χ0v) is 6.78. The largest absolute Gasteiger partial charge is 0.476 e. The minimum atomic E-state index is -0.160. The summed E-state index contributed by atoms with van der Waals surface area (Å²) >= 11 is 0. The second-order valence-corrected chi connectivity index (χ2v) is 1.94. The first-order valence-corrected chi connectivity index (χ1v) is 3.21. The highest BCUT2D eigenvalue weighted by molar-refractivity contribution is 5.72. The van der Waals surface area contributed by atoms with E-state index in [4.69, 9.17) is 14.7 Å². The van der Waals surface area contributed by atoms with Gasteiger partial charge in [-0.25, -0.2) is 0 Å². The van der Waals surface area contributed by atoms with Gasteiger partial charge in [-0.15, -0.1) is 6.58 Å². The van der Waals surface area contributed by atoms with Crippen molar-refractivity contribution in [2.45, 2.75) is 13.0 Å². The quantitative estimate of drug-likeness (QED) is 0.219. The molecule has 0 amide bonds. The highest BCUT2D eigenvalue weighted by Crippen LogP contribution is 1.92. The van der Waals surface area contributed by atoms with Gasteiger partial charge in [0.25, 0.3) is 0 Å². The Labute approximate surface area is 66.1 Å². The van der Waals surface area contributed by atoms with Crippen molar-refractivity contribution in [1.29, 1.82) is 0 Å². The van der Waals surface area contributed by atoms with Crippen LogP contribution in [0.1, 0.15) is 6.92 Å². The van der Waals surface area contributed by atoms with Crippen molar-refractivity contribution in [1.82, 2.24) is 0 Å². The fourth-order valence-corrected chi connectivity index (χ4v) is 0.464. The molecule has 0 aliphatic carbocycles. The van der Waals surface area contributed by atoms with E-state index >= 15 is 0 Å². The van der Waals surface area contributed by atoms with Crippen LogP contribution in [0.3, 0.4) is 0 Å². The maximum Gasteiger partial charge on any atom is 0.222 e. The van der Waals surface area contributed by atoms with E-state index in [0.29, 0.717) is 6.61 Å². The third-order valence-electron chi connectivity index (χ3n) is 1.16. The number of hydrogen-bond acceptors (Lipinski definition) is 4. The Kier molecular flexibility index (Phi) is 5.20. The highest BCUT2D eigenvalue weighted by atomic mass is 16.5. The zero-order chi connectivity index (χ0) is 8.69. The molecule has 0 spiro atoms. The second kappa shape index (κ2) is 5.73. The van der Waals surface area contributed by atoms with Crippen molar-refractivity contribution in [2.75, 3.05) is 13.7 Å². The number of oxime groups is 1. The number of hydrogen-bond donors (Lipinski definition) is 1. The minimum absolute atomic E-state index is 0.160. The number of nitrogens with zero attached hydrogens (tertiary/aromatic N) is 1. The molecule has 4 heteroatoms. The van der Waals surface area contributed by atoms with E-state index in [1.54, 1.807) is 20.1 Å². The molecular formula is C7H13NO3. The molecule has 0 aromatic rings. The average Bonchev–Trinajstić information content (AvgIpc) is 2.06. The molecule has 0 aliphatic rings. The van der Waals surface area contributed by atoms with Crippen molar-refractivity contribution in [3.63, 3.8) is 0 Å². The van der Waals surface area contributed by atoms with E-state index in [1.807, 2.05) is 0 Å². The predicted molar refractivity (Wildman–Crippen MR) is 41.8 cm³/mol. The summed E-state index contributed by atoms with van der Waals surface area (Å²) in [5, 5.41) is 11.0. The topological polar surface area (TPSA) is 51.0 Å². The van der Waals surface area contributed by atoms with Gasteiger partial charge in [-0.2, -0.15) is 0 Å². The van der Waals surface area contributed by atoms with Gasteiger partial charge in [-0.05, 0) is 0 Å². The van der Waals surface area contributed by atoms with Gasteiger partial charge in [-0.1, -0.05) is 11.2 Å². The lowest BCUT2D eigenvalue weighted by molar-refractivity contribution is 0.0844. The van der Waals surface area contributed by atoms with E-state index < -0.39 is 0 Å². The Bertz CT molecular complexity index is 145. The van der Waals surface area contributed by atoms with Crippen LogP contribution in [-0.2, 0) is 9.47 Å². The summed E-state index contributed by atoms with van der Waals surface area (Å²) in [6.45, 7) is 5.40. The van der Waals surface area contributed by atoms with Gasteiger partial charge in [-0.3, -0.25) is 0 Å². The van der Waals surface area contributed by atoms with E-state index in [1.165, 1.54) is 0 Å². The molecule has 0 radical (unpaired) electrons. The lowest BCUT2D eigenvalue weighted by Gasteiger charge is -2.10. The van der Waals surface area contributed by atoms with Gasteiger partial charge in [0.1, 0.15) is 12.7 Å². The van der Waals surface area contributed by atoms with E-state index in [9.17, 15) is 0 Å². The Hall–Kier alpha value is -1.03. The summed E-state index contributed by atoms with van der Waals surface area (Å²) in [6.07, 6.45) is 1.46. The average molecular weight is 159 g/mol. The summed E-state index contributed by atoms with van der Waals surface area (Å²) in [5.41, 5.74) is 0. The molecule has 0 aromatic heterocycles. The standard InChI is InChI=1S/C7H13NO3/c1-4-7(10-3)5-11-6(2)8-9/h4,7,9H,1,5H2,2-3H3. The summed E-state index contributed by atoms with van der Waals surface area (Å²) < 4.78 is 9.85. The molecule has 64 valence electrons. The molecule has 0 saturated carbocycles. The van der Waals surface area contributed by atoms with Crippen molar-refractivity contribution in [2.24, 2.45) is 5.16 Å². The van der Waals surface area contributed by atoms with Crippen LogP contribution in [0.4, 0.5) is 0 Å². The first kappa shape index (κ1) is 9.97. The molecule has 0 bridgehead atoms. The van der Waals surface area contributed by atoms with Crippen LogP contribution in [-0.4, -0.2) is 30.9 Å². The second-order valence-electron chi connectivity index (χ2n) is 1.94. The number of methoxy groups -OCH3 is 1. The molecule has 4 nitrogen and oxygen atoms in total. The van der Waals surface area contributed by atoms with Crippen molar-refractivity contribution in [3.8, 4) is 0 Å². The fraction of sp³-hybridized carbons (Fsp3) is 0.571. The Morgan fingerprint density at radius 2 is 2.45 bits per heavy atom. The minimum Gasteiger partial charge on any atom is -0.476 e. The van der Waals surface area contributed by atoms with Crippen LogP contribution in [0.5, 0.6) is 0 Å². The first-order valence-electron chi connectivity index (χ1n) is 3.21. The van der Waals surface area contributed by atoms with E-state index in [0.717, 1.165) is 0 Å². The fourth-order valence-electron chi connectivity index (χ4n) is 0.464. The van der Waals surface area contributed by atoms with Crippen LogP contribution in [0, 0.1) is 0 Å². The zero-order valence-electron chi connectivity index (χ0n) is 6.78. The van der Waals surface area contributed by atoms with Crippen LogP contribution >= 0.6 is 0 Å². The van der Waals surface area contributed by atoms with Crippen LogP contribution in [0.15, 0.2) is 17.8 Å². The molecule has 0 fully saturated rings. The number of rotatable bonds is 4. The van der Waals surface area contributed by atoms with Gasteiger partial charge in [0.2, 0.25) is 5.90 Å². The van der Waals surface area contributed by atoms with Gasteiger partial charge in [0.05, 0.1) is 0 Å². The van der Waals surface area contributed by atoms with E-state index in [2.05, 4.69) is 11.7 Å². The molecule has 1 N–H and O–H groups in total. The summed E-state index contributed by atoms with van der Waals surface area (Å²) in [5.74, 6) is 0.217. The van der Waals surface area contributed by atoms with Crippen molar-refractivity contribution < 1.29 is 14.7 Å². The predicted octanol–water partition coefficient (Wildman–Crippen LogP) is 1.01. The molecule has 1 unspecified atom stereocenters. The molecule has 1 atom stereocenters. The van der Waals surface area contributed by atoms with Gasteiger partial charge >= 0.3 is 0 Å². The van der Waals surface area contributed by atoms with Crippen LogP contribution < -0.4 is 0 Å². The van der Waals surface area contributed by atoms with Gasteiger partial charge in [0, 0.05) is 14.0 Å².